The summed E-state index contributed by atoms with van der Waals surface area (Å²) in [5, 5.41) is 16.2. The van der Waals surface area contributed by atoms with E-state index < -0.39 is 12.0 Å². The number of nitrogens with zero attached hydrogens (tertiary/aromatic N) is 4. The molecule has 1 unspecified atom stereocenters. The van der Waals surface area contributed by atoms with E-state index in [4.69, 9.17) is 26.6 Å². The third kappa shape index (κ3) is 4.63. The van der Waals surface area contributed by atoms with E-state index >= 15 is 0 Å². The third-order valence-electron chi connectivity index (χ3n) is 3.37. The van der Waals surface area contributed by atoms with E-state index in [1.54, 1.807) is 24.3 Å². The van der Waals surface area contributed by atoms with Crippen molar-refractivity contribution in [1.82, 2.24) is 5.32 Å². The molecule has 0 saturated heterocycles. The van der Waals surface area contributed by atoms with Crippen molar-refractivity contribution >= 4 is 23.6 Å². The molecule has 1 heterocycles. The van der Waals surface area contributed by atoms with Gasteiger partial charge in [0.15, 0.2) is 0 Å². The maximum absolute atomic E-state index is 11.8. The Hall–Kier alpha value is -2.74. The minimum Gasteiger partial charge on any atom is -0.478 e. The van der Waals surface area contributed by atoms with Crippen molar-refractivity contribution in [3.63, 3.8) is 0 Å². The monoisotopic (exact) mass is 365 g/mol. The lowest BCUT2D eigenvalue weighted by Crippen LogP contribution is -2.35. The molecular weight excluding hydrogens is 350 g/mol. The standard InChI is InChI=1S/C15H16ClN5O4/c1-24-15-19-11(8-25-7-6-18-21-17)12(14(22)23)13(20-15)9-4-2-3-5-10(9)16/h2-5,13H,6-8H2,1H3,(H,19,20)(H,22,23). The minimum absolute atomic E-state index is 0.0117. The predicted molar refractivity (Wildman–Crippen MR) is 91.3 cm³/mol. The van der Waals surface area contributed by atoms with Crippen molar-refractivity contribution < 1.29 is 19.4 Å². The number of hydrogen-bond donors (Lipinski definition) is 2. The molecule has 1 aromatic carbocycles. The molecule has 1 aliphatic rings. The SMILES string of the molecule is COC1=NC(c2ccccc2Cl)C(C(=O)O)=C(COCCN=[N+]=[N-])N1. The number of rotatable bonds is 7. The van der Waals surface area contributed by atoms with Crippen molar-refractivity contribution in [2.45, 2.75) is 6.04 Å². The predicted octanol–water partition coefficient (Wildman–Crippen LogP) is 2.65. The van der Waals surface area contributed by atoms with Crippen LogP contribution in [0.5, 0.6) is 0 Å². The highest BCUT2D eigenvalue weighted by molar-refractivity contribution is 6.31. The molecular formula is C15H16ClN5O4. The van der Waals surface area contributed by atoms with Crippen LogP contribution in [0.15, 0.2) is 45.6 Å². The minimum atomic E-state index is -1.15. The Labute approximate surface area is 148 Å². The number of azide groups is 1. The number of methoxy groups -OCH3 is 1. The molecule has 9 nitrogen and oxygen atoms in total. The van der Waals surface area contributed by atoms with Crippen LogP contribution in [0.1, 0.15) is 11.6 Å². The van der Waals surface area contributed by atoms with Crippen molar-refractivity contribution in [2.75, 3.05) is 26.9 Å². The molecule has 25 heavy (non-hydrogen) atoms. The zero-order valence-corrected chi connectivity index (χ0v) is 14.1. The van der Waals surface area contributed by atoms with Gasteiger partial charge in [-0.25, -0.2) is 9.79 Å². The van der Waals surface area contributed by atoms with Crippen LogP contribution in [0.2, 0.25) is 5.02 Å². The van der Waals surface area contributed by atoms with Gasteiger partial charge in [0.2, 0.25) is 0 Å². The number of carboxylic acids is 1. The van der Waals surface area contributed by atoms with Crippen LogP contribution in [0.4, 0.5) is 0 Å². The second kappa shape index (κ2) is 8.93. The first-order valence-corrected chi connectivity index (χ1v) is 7.64. The Balaban J connectivity index is 2.35. The van der Waals surface area contributed by atoms with Crippen molar-refractivity contribution in [3.05, 3.63) is 56.6 Å². The zero-order chi connectivity index (χ0) is 18.2. The second-order valence-electron chi connectivity index (χ2n) is 4.89. The number of nitrogens with one attached hydrogen (secondary N) is 1. The highest BCUT2D eigenvalue weighted by Crippen LogP contribution is 2.34. The van der Waals surface area contributed by atoms with Crippen molar-refractivity contribution in [1.29, 1.82) is 0 Å². The average molecular weight is 366 g/mol. The topological polar surface area (TPSA) is 129 Å². The molecule has 0 bridgehead atoms. The van der Waals surface area contributed by atoms with E-state index in [9.17, 15) is 9.90 Å². The summed E-state index contributed by atoms with van der Waals surface area (Å²) in [5.74, 6) is -1.15. The number of carboxylic acid groups (broad SMARTS) is 1. The molecule has 1 atom stereocenters. The summed E-state index contributed by atoms with van der Waals surface area (Å²) in [6.45, 7) is 0.260. The smallest absolute Gasteiger partial charge is 0.335 e. The van der Waals surface area contributed by atoms with Gasteiger partial charge >= 0.3 is 5.97 Å². The van der Waals surface area contributed by atoms with E-state index in [1.807, 2.05) is 0 Å². The summed E-state index contributed by atoms with van der Waals surface area (Å²) >= 11 is 6.20. The Kier molecular flexibility index (Phi) is 6.64. The summed E-state index contributed by atoms with van der Waals surface area (Å²) in [6, 6.07) is 6.19. The van der Waals surface area contributed by atoms with Gasteiger partial charge in [-0.3, -0.25) is 0 Å². The summed E-state index contributed by atoms with van der Waals surface area (Å²) in [4.78, 5) is 18.7. The first-order valence-electron chi connectivity index (χ1n) is 7.26. The van der Waals surface area contributed by atoms with Crippen LogP contribution in [-0.4, -0.2) is 44.0 Å². The molecule has 0 aromatic heterocycles. The maximum atomic E-state index is 11.8. The average Bonchev–Trinajstić information content (AvgIpc) is 2.61. The van der Waals surface area contributed by atoms with Gasteiger partial charge < -0.3 is 19.9 Å². The number of benzene rings is 1. The van der Waals surface area contributed by atoms with E-state index in [2.05, 4.69) is 20.3 Å². The van der Waals surface area contributed by atoms with Gasteiger partial charge in [-0.2, -0.15) is 0 Å². The summed E-state index contributed by atoms with van der Waals surface area (Å²) in [7, 11) is 1.42. The van der Waals surface area contributed by atoms with Gasteiger partial charge in [-0.15, -0.1) is 0 Å². The molecule has 1 aromatic rings. The number of halogens is 1. The fourth-order valence-corrected chi connectivity index (χ4v) is 2.52. The number of carbonyl (C=O) groups is 1. The van der Waals surface area contributed by atoms with Crippen LogP contribution in [-0.2, 0) is 14.3 Å². The van der Waals surface area contributed by atoms with Crippen molar-refractivity contribution in [3.8, 4) is 0 Å². The first-order chi connectivity index (χ1) is 12.1. The molecule has 0 radical (unpaired) electrons. The third-order valence-corrected chi connectivity index (χ3v) is 3.72. The Morgan fingerprint density at radius 2 is 2.28 bits per heavy atom. The summed E-state index contributed by atoms with van der Waals surface area (Å²) in [5.41, 5.74) is 9.09. The van der Waals surface area contributed by atoms with Crippen molar-refractivity contribution in [2.24, 2.45) is 10.1 Å². The lowest BCUT2D eigenvalue weighted by atomic mass is 9.96. The fourth-order valence-electron chi connectivity index (χ4n) is 2.29. The van der Waals surface area contributed by atoms with Crippen LogP contribution in [0, 0.1) is 0 Å². The number of aliphatic imine (C=N–C) groups is 1. The molecule has 2 N–H and O–H groups in total. The zero-order valence-electron chi connectivity index (χ0n) is 13.3. The summed E-state index contributed by atoms with van der Waals surface area (Å²) < 4.78 is 10.5. The van der Waals surface area contributed by atoms with Crippen LogP contribution in [0.3, 0.4) is 0 Å². The number of aliphatic carboxylic acids is 1. The van der Waals surface area contributed by atoms with Gasteiger partial charge in [-0.1, -0.05) is 34.9 Å². The largest absolute Gasteiger partial charge is 0.478 e. The van der Waals surface area contributed by atoms with Crippen LogP contribution < -0.4 is 5.32 Å². The molecule has 0 spiro atoms. The van der Waals surface area contributed by atoms with E-state index in [1.165, 1.54) is 7.11 Å². The van der Waals surface area contributed by atoms with Gasteiger partial charge in [0.1, 0.15) is 6.04 Å². The quantitative estimate of drug-likeness (QED) is 0.332. The molecule has 0 aliphatic carbocycles. The summed E-state index contributed by atoms with van der Waals surface area (Å²) in [6.07, 6.45) is 0. The highest BCUT2D eigenvalue weighted by atomic mass is 35.5. The highest BCUT2D eigenvalue weighted by Gasteiger charge is 2.32. The number of amidine groups is 1. The molecule has 10 heteroatoms. The lowest BCUT2D eigenvalue weighted by Gasteiger charge is -2.26. The van der Waals surface area contributed by atoms with E-state index in [0.29, 0.717) is 16.3 Å². The van der Waals surface area contributed by atoms with Crippen LogP contribution >= 0.6 is 11.6 Å². The Morgan fingerprint density at radius 3 is 2.92 bits per heavy atom. The molecule has 0 amide bonds. The normalized spacial score (nSPS) is 16.6. The van der Waals surface area contributed by atoms with Gasteiger partial charge in [-0.05, 0) is 11.6 Å². The van der Waals surface area contributed by atoms with Gasteiger partial charge in [0, 0.05) is 22.0 Å². The second-order valence-corrected chi connectivity index (χ2v) is 5.30. The van der Waals surface area contributed by atoms with Crippen LogP contribution in [0.25, 0.3) is 10.4 Å². The van der Waals surface area contributed by atoms with Gasteiger partial charge in [0.25, 0.3) is 6.02 Å². The van der Waals surface area contributed by atoms with Gasteiger partial charge in [0.05, 0.1) is 31.6 Å². The maximum Gasteiger partial charge on any atom is 0.335 e. The molecule has 0 saturated carbocycles. The molecule has 0 fully saturated rings. The first kappa shape index (κ1) is 18.6. The molecule has 1 aliphatic heterocycles. The van der Waals surface area contributed by atoms with E-state index in [0.717, 1.165) is 0 Å². The molecule has 2 rings (SSSR count). The molecule has 132 valence electrons. The Morgan fingerprint density at radius 1 is 1.52 bits per heavy atom. The van der Waals surface area contributed by atoms with E-state index in [-0.39, 0.29) is 31.4 Å². The lowest BCUT2D eigenvalue weighted by molar-refractivity contribution is -0.133. The number of ether oxygens (including phenoxy) is 2. The fraction of sp³-hybridized carbons (Fsp3) is 0.333. The Bertz CT molecular complexity index is 758. The number of hydrogen-bond acceptors (Lipinski definition) is 6.